The maximum Gasteiger partial charge on any atom is 0.268 e. The number of amides is 1. The van der Waals surface area contributed by atoms with Crippen LogP contribution in [-0.2, 0) is 6.42 Å². The molecule has 0 spiro atoms. The fourth-order valence-electron chi connectivity index (χ4n) is 2.07. The molecule has 1 aromatic carbocycles. The highest BCUT2D eigenvalue weighted by atomic mass is 35.5. The van der Waals surface area contributed by atoms with Crippen LogP contribution in [0.3, 0.4) is 0 Å². The van der Waals surface area contributed by atoms with Crippen molar-refractivity contribution in [1.82, 2.24) is 0 Å². The molecule has 1 aliphatic rings. The molecule has 17 heavy (non-hydrogen) atoms. The molecule has 0 N–H and O–H groups in total. The van der Waals surface area contributed by atoms with Crippen LogP contribution in [0.5, 0.6) is 0 Å². The number of rotatable bonds is 1. The predicted octanol–water partition coefficient (Wildman–Crippen LogP) is 3.60. The lowest BCUT2D eigenvalue weighted by Gasteiger charge is -2.26. The summed E-state index contributed by atoms with van der Waals surface area (Å²) in [6, 6.07) is 9.47. The molecule has 0 saturated carbocycles. The van der Waals surface area contributed by atoms with Crippen LogP contribution in [0.2, 0.25) is 5.02 Å². The topological polar surface area (TPSA) is 20.3 Å². The lowest BCUT2D eigenvalue weighted by molar-refractivity contribution is 0.0985. The number of hydrogen-bond donors (Lipinski definition) is 0. The van der Waals surface area contributed by atoms with Crippen LogP contribution in [0.15, 0.2) is 35.7 Å². The fourth-order valence-corrected chi connectivity index (χ4v) is 3.15. The van der Waals surface area contributed by atoms with Crippen LogP contribution >= 0.6 is 22.9 Å². The average molecular weight is 264 g/mol. The predicted molar refractivity (Wildman–Crippen MR) is 71.2 cm³/mol. The van der Waals surface area contributed by atoms with E-state index < -0.39 is 0 Å². The van der Waals surface area contributed by atoms with E-state index in [1.165, 1.54) is 16.9 Å². The Morgan fingerprint density at radius 1 is 1.29 bits per heavy atom. The molecule has 86 valence electrons. The van der Waals surface area contributed by atoms with E-state index in [9.17, 15) is 4.79 Å². The van der Waals surface area contributed by atoms with Gasteiger partial charge in [-0.15, -0.1) is 11.3 Å². The maximum absolute atomic E-state index is 12.3. The molecule has 4 heteroatoms. The highest BCUT2D eigenvalue weighted by molar-refractivity contribution is 7.12. The van der Waals surface area contributed by atoms with Crippen LogP contribution < -0.4 is 4.90 Å². The molecule has 3 rings (SSSR count). The van der Waals surface area contributed by atoms with Crippen LogP contribution in [0, 0.1) is 0 Å². The second-order valence-electron chi connectivity index (χ2n) is 3.96. The lowest BCUT2D eigenvalue weighted by Crippen LogP contribution is -2.36. The summed E-state index contributed by atoms with van der Waals surface area (Å²) >= 11 is 7.47. The van der Waals surface area contributed by atoms with Gasteiger partial charge in [0.2, 0.25) is 0 Å². The third-order valence-electron chi connectivity index (χ3n) is 2.91. The van der Waals surface area contributed by atoms with Crippen molar-refractivity contribution < 1.29 is 4.79 Å². The van der Waals surface area contributed by atoms with Crippen LogP contribution in [-0.4, -0.2) is 12.5 Å². The van der Waals surface area contributed by atoms with Crippen molar-refractivity contribution in [3.8, 4) is 0 Å². The number of nitrogens with zero attached hydrogens (tertiary/aromatic N) is 1. The zero-order chi connectivity index (χ0) is 11.8. The minimum absolute atomic E-state index is 0.0866. The average Bonchev–Trinajstić information content (AvgIpc) is 2.78. The fraction of sp³-hybridized carbons (Fsp3) is 0.154. The number of thiophene rings is 1. The van der Waals surface area contributed by atoms with Crippen molar-refractivity contribution in [2.45, 2.75) is 6.42 Å². The zero-order valence-corrected chi connectivity index (χ0v) is 10.6. The molecule has 0 radical (unpaired) electrons. The number of benzene rings is 1. The molecule has 0 bridgehead atoms. The van der Waals surface area contributed by atoms with Gasteiger partial charge in [-0.25, -0.2) is 0 Å². The lowest BCUT2D eigenvalue weighted by atomic mass is 10.1. The van der Waals surface area contributed by atoms with Gasteiger partial charge in [-0.2, -0.15) is 0 Å². The van der Waals surface area contributed by atoms with Crippen molar-refractivity contribution in [1.29, 1.82) is 0 Å². The van der Waals surface area contributed by atoms with Crippen molar-refractivity contribution in [2.75, 3.05) is 11.4 Å². The molecule has 0 aliphatic carbocycles. The van der Waals surface area contributed by atoms with Gasteiger partial charge in [0.1, 0.15) is 0 Å². The molecular formula is C13H10ClNOS. The Morgan fingerprint density at radius 3 is 3.00 bits per heavy atom. The summed E-state index contributed by atoms with van der Waals surface area (Å²) in [6.07, 6.45) is 0.914. The molecule has 0 unspecified atom stereocenters. The summed E-state index contributed by atoms with van der Waals surface area (Å²) in [4.78, 5) is 14.9. The Hall–Kier alpha value is -1.32. The van der Waals surface area contributed by atoms with Crippen LogP contribution in [0.25, 0.3) is 0 Å². The third-order valence-corrected chi connectivity index (χ3v) is 4.09. The van der Waals surface area contributed by atoms with Crippen molar-refractivity contribution in [3.63, 3.8) is 0 Å². The Bertz CT molecular complexity index is 578. The van der Waals surface area contributed by atoms with Gasteiger partial charge in [0.15, 0.2) is 0 Å². The summed E-state index contributed by atoms with van der Waals surface area (Å²) in [7, 11) is 0. The number of anilines is 1. The number of carbonyl (C=O) groups excluding carboxylic acids is 1. The first-order valence-corrected chi connectivity index (χ1v) is 6.65. The first kappa shape index (κ1) is 10.8. The zero-order valence-electron chi connectivity index (χ0n) is 9.02. The standard InChI is InChI=1S/C13H10ClNOS/c14-10-2-1-3-11(8-10)15-6-4-9-5-7-17-12(9)13(15)16/h1-3,5,7-8H,4,6H2. The van der Waals surface area contributed by atoms with E-state index in [0.29, 0.717) is 5.02 Å². The number of hydrogen-bond acceptors (Lipinski definition) is 2. The number of fused-ring (bicyclic) bond motifs is 1. The van der Waals surface area contributed by atoms with Crippen LogP contribution in [0.4, 0.5) is 5.69 Å². The molecule has 2 heterocycles. The molecule has 0 atom stereocenters. The van der Waals surface area contributed by atoms with E-state index in [0.717, 1.165) is 23.5 Å². The Kier molecular flexibility index (Phi) is 2.65. The minimum Gasteiger partial charge on any atom is -0.307 e. The smallest absolute Gasteiger partial charge is 0.268 e. The van der Waals surface area contributed by atoms with E-state index in [1.807, 2.05) is 35.7 Å². The molecule has 2 nitrogen and oxygen atoms in total. The summed E-state index contributed by atoms with van der Waals surface area (Å²) in [5.41, 5.74) is 2.04. The first-order chi connectivity index (χ1) is 8.25. The Balaban J connectivity index is 1.99. The largest absolute Gasteiger partial charge is 0.307 e. The number of carbonyl (C=O) groups is 1. The van der Waals surface area contributed by atoms with Gasteiger partial charge in [0.05, 0.1) is 4.88 Å². The highest BCUT2D eigenvalue weighted by Crippen LogP contribution is 2.29. The van der Waals surface area contributed by atoms with Crippen molar-refractivity contribution in [3.05, 3.63) is 51.2 Å². The van der Waals surface area contributed by atoms with Gasteiger partial charge in [-0.1, -0.05) is 17.7 Å². The van der Waals surface area contributed by atoms with E-state index in [1.54, 1.807) is 4.90 Å². The van der Waals surface area contributed by atoms with Crippen molar-refractivity contribution >= 4 is 34.5 Å². The third kappa shape index (κ3) is 1.85. The molecular weight excluding hydrogens is 254 g/mol. The Labute approximate surface area is 108 Å². The van der Waals surface area contributed by atoms with Gasteiger partial charge >= 0.3 is 0 Å². The quantitative estimate of drug-likeness (QED) is 0.770. The van der Waals surface area contributed by atoms with Gasteiger partial charge in [0.25, 0.3) is 5.91 Å². The normalized spacial score (nSPS) is 14.9. The van der Waals surface area contributed by atoms with Gasteiger partial charge in [-0.3, -0.25) is 4.79 Å². The molecule has 2 aromatic rings. The first-order valence-electron chi connectivity index (χ1n) is 5.39. The van der Waals surface area contributed by atoms with E-state index in [4.69, 9.17) is 11.6 Å². The molecule has 0 saturated heterocycles. The van der Waals surface area contributed by atoms with Gasteiger partial charge < -0.3 is 4.90 Å². The molecule has 1 aromatic heterocycles. The highest BCUT2D eigenvalue weighted by Gasteiger charge is 2.26. The maximum atomic E-state index is 12.3. The van der Waals surface area contributed by atoms with Gasteiger partial charge in [-0.05, 0) is 41.6 Å². The van der Waals surface area contributed by atoms with Gasteiger partial charge in [0, 0.05) is 17.3 Å². The minimum atomic E-state index is 0.0866. The monoisotopic (exact) mass is 263 g/mol. The summed E-state index contributed by atoms with van der Waals surface area (Å²) < 4.78 is 0. The summed E-state index contributed by atoms with van der Waals surface area (Å²) in [5, 5.41) is 2.64. The Morgan fingerprint density at radius 2 is 2.18 bits per heavy atom. The molecule has 0 fully saturated rings. The van der Waals surface area contributed by atoms with E-state index >= 15 is 0 Å². The second-order valence-corrected chi connectivity index (χ2v) is 5.31. The van der Waals surface area contributed by atoms with Crippen LogP contribution in [0.1, 0.15) is 15.2 Å². The van der Waals surface area contributed by atoms with E-state index in [-0.39, 0.29) is 5.91 Å². The SMILES string of the molecule is O=C1c2sccc2CCN1c1cccc(Cl)c1. The van der Waals surface area contributed by atoms with E-state index in [2.05, 4.69) is 0 Å². The summed E-state index contributed by atoms with van der Waals surface area (Å²) in [6.45, 7) is 0.725. The summed E-state index contributed by atoms with van der Waals surface area (Å²) in [5.74, 6) is 0.0866. The van der Waals surface area contributed by atoms with Crippen molar-refractivity contribution in [2.24, 2.45) is 0 Å². The molecule has 1 aliphatic heterocycles. The number of halogens is 1. The second kappa shape index (κ2) is 4.17. The molecule has 1 amide bonds.